The van der Waals surface area contributed by atoms with Gasteiger partial charge in [-0.25, -0.2) is 4.39 Å². The molecule has 1 heterocycles. The summed E-state index contributed by atoms with van der Waals surface area (Å²) in [7, 11) is 0. The monoisotopic (exact) mass is 887 g/mol. The molecule has 0 saturated heterocycles. The normalized spacial score (nSPS) is 22.6. The maximum absolute atomic E-state index is 15.2. The van der Waals surface area contributed by atoms with Gasteiger partial charge >= 0.3 is 0 Å². The lowest BCUT2D eigenvalue weighted by atomic mass is 9.55. The fraction of sp³-hybridized carbons (Fsp3) is 0.404. The maximum Gasteiger partial charge on any atom is 0.254 e. The van der Waals surface area contributed by atoms with Crippen LogP contribution >= 0.6 is 11.8 Å². The van der Waals surface area contributed by atoms with Gasteiger partial charge in [-0.05, 0) is 122 Å². The molecule has 2 aliphatic carbocycles. The van der Waals surface area contributed by atoms with Crippen molar-refractivity contribution in [2.75, 3.05) is 38.8 Å². The second-order valence-corrected chi connectivity index (χ2v) is 17.6. The Labute approximate surface area is 380 Å². The van der Waals surface area contributed by atoms with Crippen molar-refractivity contribution in [2.24, 2.45) is 22.9 Å². The lowest BCUT2D eigenvalue weighted by Gasteiger charge is -2.60. The number of thioether (sulfide) groups is 1. The van der Waals surface area contributed by atoms with Gasteiger partial charge in [-0.2, -0.15) is 5.26 Å². The predicted molar refractivity (Wildman–Crippen MR) is 247 cm³/mol. The van der Waals surface area contributed by atoms with Crippen LogP contribution in [0.4, 0.5) is 4.39 Å². The highest BCUT2D eigenvalue weighted by atomic mass is 32.2. The first kappa shape index (κ1) is 46.5. The van der Waals surface area contributed by atoms with E-state index in [2.05, 4.69) is 36.9 Å². The SMILES string of the molecule is C=CCOC12Oc3ccc(OCCSc4ccccc4)cc3C3C(CCCCO)C(CCCCO)C=C(C(=NOCC)CC1N(Cc1ccc(F)cc1)C(=O)c1ccc(C#N)cc1)C32. The Kier molecular flexibility index (Phi) is 16.3. The third kappa shape index (κ3) is 10.6. The Morgan fingerprint density at radius 2 is 1.77 bits per heavy atom. The molecule has 12 heteroatoms. The number of nitriles is 1. The van der Waals surface area contributed by atoms with E-state index in [-0.39, 0.29) is 56.4 Å². The van der Waals surface area contributed by atoms with Crippen LogP contribution in [0, 0.1) is 34.9 Å². The van der Waals surface area contributed by atoms with Crippen LogP contribution in [0.25, 0.3) is 0 Å². The van der Waals surface area contributed by atoms with Gasteiger partial charge in [0.15, 0.2) is 0 Å². The van der Waals surface area contributed by atoms with Crippen molar-refractivity contribution in [3.8, 4) is 17.6 Å². The van der Waals surface area contributed by atoms with Gasteiger partial charge in [-0.15, -0.1) is 18.3 Å². The number of halogens is 1. The highest BCUT2D eigenvalue weighted by molar-refractivity contribution is 7.99. The zero-order valence-corrected chi connectivity index (χ0v) is 37.3. The number of amides is 1. The highest BCUT2D eigenvalue weighted by Crippen LogP contribution is 2.62. The molecule has 1 fully saturated rings. The predicted octanol–water partition coefficient (Wildman–Crippen LogP) is 9.86. The molecule has 0 spiro atoms. The number of aliphatic hydroxyl groups excluding tert-OH is 2. The molecule has 64 heavy (non-hydrogen) atoms. The van der Waals surface area contributed by atoms with Crippen LogP contribution in [0.2, 0.25) is 0 Å². The average molecular weight is 888 g/mol. The Bertz CT molecular complexity index is 2280. The van der Waals surface area contributed by atoms with Gasteiger partial charge in [0.2, 0.25) is 5.79 Å². The molecule has 10 nitrogen and oxygen atoms in total. The summed E-state index contributed by atoms with van der Waals surface area (Å²) in [6.45, 7) is 7.07. The molecular formula is C52H58FN3O7S. The van der Waals surface area contributed by atoms with Gasteiger partial charge in [-0.3, -0.25) is 4.79 Å². The molecule has 6 unspecified atom stereocenters. The number of carbonyl (C=O) groups excluding carboxylic acids is 1. The van der Waals surface area contributed by atoms with Crippen molar-refractivity contribution in [3.05, 3.63) is 149 Å². The van der Waals surface area contributed by atoms with Crippen LogP contribution in [0.5, 0.6) is 11.5 Å². The number of aliphatic hydroxyl groups is 2. The van der Waals surface area contributed by atoms with E-state index >= 15 is 4.79 Å². The Morgan fingerprint density at radius 3 is 2.47 bits per heavy atom. The van der Waals surface area contributed by atoms with E-state index in [1.54, 1.807) is 59.1 Å². The van der Waals surface area contributed by atoms with Crippen molar-refractivity contribution >= 4 is 23.4 Å². The molecule has 6 atom stereocenters. The molecule has 1 amide bonds. The number of carbonyl (C=O) groups is 1. The fourth-order valence-electron chi connectivity index (χ4n) is 9.68. The van der Waals surface area contributed by atoms with Crippen LogP contribution in [0.15, 0.2) is 131 Å². The Morgan fingerprint density at radius 1 is 1.02 bits per heavy atom. The van der Waals surface area contributed by atoms with E-state index in [1.165, 1.54) is 17.0 Å². The Balaban J connectivity index is 1.41. The topological polar surface area (TPSA) is 134 Å². The van der Waals surface area contributed by atoms with E-state index in [1.807, 2.05) is 37.3 Å². The van der Waals surface area contributed by atoms with Crippen molar-refractivity contribution < 1.29 is 38.4 Å². The molecule has 7 rings (SSSR count). The third-order valence-electron chi connectivity index (χ3n) is 12.5. The van der Waals surface area contributed by atoms with E-state index < -0.39 is 23.6 Å². The highest BCUT2D eigenvalue weighted by Gasteiger charge is 2.65. The quantitative estimate of drug-likeness (QED) is 0.0343. The largest absolute Gasteiger partial charge is 0.493 e. The van der Waals surface area contributed by atoms with Crippen LogP contribution in [-0.2, 0) is 16.1 Å². The summed E-state index contributed by atoms with van der Waals surface area (Å²) in [5.41, 5.74) is 4.04. The number of fused-ring (bicyclic) bond motifs is 2. The minimum atomic E-state index is -1.49. The number of hydrogen-bond acceptors (Lipinski definition) is 10. The van der Waals surface area contributed by atoms with E-state index in [0.717, 1.165) is 42.6 Å². The smallest absolute Gasteiger partial charge is 0.254 e. The summed E-state index contributed by atoms with van der Waals surface area (Å²) in [6, 6.07) is 30.2. The van der Waals surface area contributed by atoms with Gasteiger partial charge in [0.25, 0.3) is 5.91 Å². The third-order valence-corrected chi connectivity index (χ3v) is 13.5. The average Bonchev–Trinajstić information content (AvgIpc) is 3.32. The molecule has 3 aliphatic rings. The molecule has 0 radical (unpaired) electrons. The van der Waals surface area contributed by atoms with Crippen LogP contribution in [0.3, 0.4) is 0 Å². The first-order chi connectivity index (χ1) is 31.3. The molecule has 0 bridgehead atoms. The summed E-state index contributed by atoms with van der Waals surface area (Å²) < 4.78 is 35.4. The van der Waals surface area contributed by atoms with E-state index in [4.69, 9.17) is 24.2 Å². The maximum atomic E-state index is 15.2. The van der Waals surface area contributed by atoms with Crippen LogP contribution in [0.1, 0.15) is 84.8 Å². The second kappa shape index (κ2) is 22.4. The van der Waals surface area contributed by atoms with Crippen molar-refractivity contribution in [1.82, 2.24) is 4.90 Å². The van der Waals surface area contributed by atoms with E-state index in [0.29, 0.717) is 60.0 Å². The summed E-state index contributed by atoms with van der Waals surface area (Å²) in [4.78, 5) is 24.0. The Hall–Kier alpha value is -5.45. The fourth-order valence-corrected chi connectivity index (χ4v) is 10.4. The summed E-state index contributed by atoms with van der Waals surface area (Å²) in [5, 5.41) is 34.3. The number of hydrogen-bond donors (Lipinski definition) is 2. The number of oxime groups is 1. The van der Waals surface area contributed by atoms with Crippen LogP contribution < -0.4 is 9.47 Å². The molecule has 1 aliphatic heterocycles. The number of rotatable bonds is 22. The number of nitrogens with zero attached hydrogens (tertiary/aromatic N) is 3. The summed E-state index contributed by atoms with van der Waals surface area (Å²) >= 11 is 1.73. The second-order valence-electron chi connectivity index (χ2n) is 16.4. The molecule has 336 valence electrons. The zero-order chi connectivity index (χ0) is 44.9. The van der Waals surface area contributed by atoms with Gasteiger partial charge in [-0.1, -0.05) is 60.5 Å². The number of unbranched alkanes of at least 4 members (excludes halogenated alkanes) is 2. The molecule has 4 aromatic carbocycles. The van der Waals surface area contributed by atoms with Gasteiger partial charge in [0.05, 0.1) is 36.5 Å². The summed E-state index contributed by atoms with van der Waals surface area (Å²) in [6.07, 6.45) is 8.70. The number of ether oxygens (including phenoxy) is 3. The minimum absolute atomic E-state index is 0.0316. The van der Waals surface area contributed by atoms with Gasteiger partial charge in [0.1, 0.15) is 30.0 Å². The standard InChI is InChI=1S/C52H58FN3O7S/c1-3-28-61-52-48(56(35-37-18-22-40(53)23-19-37)51(59)38-20-16-36(34-54)17-21-38)33-46(55-62-4-2)44-31-39(12-8-10-26-57)43(15-9-11-27-58)49(50(44)52)45-32-41(24-25-47(45)63-52)60-29-30-64-42-13-6-5-7-14-42/h3,5-7,13-14,16-25,31-32,39,43,48-50,57-58H,1,4,8-12,15,26-30,33,35H2,2H3. The first-order valence-corrected chi connectivity index (χ1v) is 23.4. The number of benzene rings is 4. The zero-order valence-electron chi connectivity index (χ0n) is 36.4. The number of allylic oxidation sites excluding steroid dienone is 1. The van der Waals surface area contributed by atoms with Crippen LogP contribution in [-0.4, -0.2) is 77.3 Å². The first-order valence-electron chi connectivity index (χ1n) is 22.4. The molecule has 2 N–H and O–H groups in total. The van der Waals surface area contributed by atoms with Crippen molar-refractivity contribution in [2.45, 2.75) is 81.1 Å². The molecular weight excluding hydrogens is 830 g/mol. The lowest BCUT2D eigenvalue weighted by Crippen LogP contribution is -2.70. The van der Waals surface area contributed by atoms with Crippen molar-refractivity contribution in [1.29, 1.82) is 5.26 Å². The van der Waals surface area contributed by atoms with Gasteiger partial charge < -0.3 is 34.2 Å². The summed E-state index contributed by atoms with van der Waals surface area (Å²) in [5.74, 6) is -0.797. The lowest BCUT2D eigenvalue weighted by molar-refractivity contribution is -0.255. The van der Waals surface area contributed by atoms with Crippen molar-refractivity contribution in [3.63, 3.8) is 0 Å². The van der Waals surface area contributed by atoms with E-state index in [9.17, 15) is 19.9 Å². The van der Waals surface area contributed by atoms with Gasteiger partial charge in [0, 0.05) is 53.9 Å². The molecule has 4 aromatic rings. The molecule has 1 saturated carbocycles. The molecule has 0 aromatic heterocycles. The minimum Gasteiger partial charge on any atom is -0.493 e.